The van der Waals surface area contributed by atoms with Gasteiger partial charge in [-0.3, -0.25) is 4.79 Å². The van der Waals surface area contributed by atoms with Gasteiger partial charge < -0.3 is 5.32 Å². The molecule has 1 aromatic carbocycles. The van der Waals surface area contributed by atoms with Gasteiger partial charge in [-0.25, -0.2) is 9.13 Å². The van der Waals surface area contributed by atoms with E-state index in [-0.39, 0.29) is 12.5 Å². The Kier molecular flexibility index (Phi) is 4.12. The van der Waals surface area contributed by atoms with Gasteiger partial charge in [0.15, 0.2) is 6.54 Å². The number of aryl methyl sites for hydroxylation is 1. The maximum absolute atomic E-state index is 11.9. The van der Waals surface area contributed by atoms with Gasteiger partial charge in [-0.15, -0.1) is 0 Å². The van der Waals surface area contributed by atoms with Crippen LogP contribution in [-0.2, 0) is 18.4 Å². The minimum absolute atomic E-state index is 0.136. The minimum atomic E-state index is -0.136. The Morgan fingerprint density at radius 3 is 2.74 bits per heavy atom. The fourth-order valence-electron chi connectivity index (χ4n) is 1.70. The standard InChI is InChI=1S/C13H13Cl2N3O/c1-9-17(2)5-6-18(9)8-13(19)16-12-4-3-10(14)7-11(12)15/h3-7H,8H2,1-2H3/p+1. The Balaban J connectivity index is 2.07. The van der Waals surface area contributed by atoms with Crippen LogP contribution in [0.5, 0.6) is 0 Å². The normalized spacial score (nSPS) is 10.5. The van der Waals surface area contributed by atoms with E-state index in [0.717, 1.165) is 5.82 Å². The van der Waals surface area contributed by atoms with Crippen molar-refractivity contribution in [3.8, 4) is 0 Å². The molecular formula is C13H14Cl2N3O+. The molecule has 0 saturated carbocycles. The number of carbonyl (C=O) groups is 1. The highest BCUT2D eigenvalue weighted by molar-refractivity contribution is 6.36. The average Bonchev–Trinajstić information content (AvgIpc) is 2.65. The van der Waals surface area contributed by atoms with Crippen LogP contribution in [-0.4, -0.2) is 10.5 Å². The van der Waals surface area contributed by atoms with Gasteiger partial charge in [-0.1, -0.05) is 23.2 Å². The fraction of sp³-hybridized carbons (Fsp3) is 0.231. The first-order valence-electron chi connectivity index (χ1n) is 5.73. The number of aromatic nitrogens is 2. The average molecular weight is 299 g/mol. The third kappa shape index (κ3) is 3.28. The minimum Gasteiger partial charge on any atom is -0.321 e. The number of nitrogens with zero attached hydrogens (tertiary/aromatic N) is 2. The Bertz CT molecular complexity index is 622. The number of hydrogen-bond donors (Lipinski definition) is 1. The van der Waals surface area contributed by atoms with Crippen LogP contribution in [0.25, 0.3) is 0 Å². The molecule has 0 aliphatic rings. The zero-order chi connectivity index (χ0) is 14.0. The smallest absolute Gasteiger partial charge is 0.266 e. The molecule has 6 heteroatoms. The summed E-state index contributed by atoms with van der Waals surface area (Å²) >= 11 is 11.8. The maximum atomic E-state index is 11.9. The van der Waals surface area contributed by atoms with E-state index in [0.29, 0.717) is 15.7 Å². The molecule has 1 amide bonds. The molecule has 0 atom stereocenters. The molecule has 1 N–H and O–H groups in total. The van der Waals surface area contributed by atoms with E-state index in [1.165, 1.54) is 0 Å². The first-order chi connectivity index (χ1) is 8.97. The number of carbonyl (C=O) groups excluding carboxylic acids is 1. The predicted molar refractivity (Wildman–Crippen MR) is 75.4 cm³/mol. The van der Waals surface area contributed by atoms with Crippen LogP contribution >= 0.6 is 23.2 Å². The molecule has 19 heavy (non-hydrogen) atoms. The van der Waals surface area contributed by atoms with Gasteiger partial charge in [0, 0.05) is 11.9 Å². The second-order valence-electron chi connectivity index (χ2n) is 4.26. The van der Waals surface area contributed by atoms with Crippen LogP contribution in [0.15, 0.2) is 30.6 Å². The third-order valence-electron chi connectivity index (χ3n) is 2.92. The summed E-state index contributed by atoms with van der Waals surface area (Å²) in [5.41, 5.74) is 0.560. The first-order valence-corrected chi connectivity index (χ1v) is 6.49. The lowest BCUT2D eigenvalue weighted by molar-refractivity contribution is -0.677. The molecule has 0 spiro atoms. The van der Waals surface area contributed by atoms with Gasteiger partial charge in [-0.05, 0) is 18.2 Å². The van der Waals surface area contributed by atoms with Crippen molar-refractivity contribution in [2.75, 3.05) is 5.32 Å². The number of rotatable bonds is 3. The molecular weight excluding hydrogens is 285 g/mol. The number of benzene rings is 1. The van der Waals surface area contributed by atoms with E-state index in [4.69, 9.17) is 23.2 Å². The molecule has 0 aliphatic carbocycles. The molecule has 2 rings (SSSR count). The summed E-state index contributed by atoms with van der Waals surface area (Å²) in [7, 11) is 1.93. The molecule has 2 aromatic rings. The second-order valence-corrected chi connectivity index (χ2v) is 5.10. The molecule has 0 aliphatic heterocycles. The summed E-state index contributed by atoms with van der Waals surface area (Å²) in [5, 5.41) is 3.73. The lowest BCUT2D eigenvalue weighted by atomic mass is 10.3. The Hall–Kier alpha value is -1.52. The van der Waals surface area contributed by atoms with Gasteiger partial charge in [0.25, 0.3) is 11.7 Å². The molecule has 4 nitrogen and oxygen atoms in total. The van der Waals surface area contributed by atoms with E-state index in [1.54, 1.807) is 18.2 Å². The van der Waals surface area contributed by atoms with Crippen LogP contribution < -0.4 is 9.88 Å². The van der Waals surface area contributed by atoms with Crippen LogP contribution in [0, 0.1) is 6.92 Å². The molecule has 0 unspecified atom stereocenters. The highest BCUT2D eigenvalue weighted by atomic mass is 35.5. The third-order valence-corrected chi connectivity index (χ3v) is 3.46. The number of halogens is 2. The van der Waals surface area contributed by atoms with Crippen molar-refractivity contribution in [3.63, 3.8) is 0 Å². The Labute approximate surface area is 121 Å². The van der Waals surface area contributed by atoms with Crippen LogP contribution in [0.2, 0.25) is 10.0 Å². The molecule has 0 saturated heterocycles. The quantitative estimate of drug-likeness (QED) is 0.869. The summed E-state index contributed by atoms with van der Waals surface area (Å²) in [4.78, 5) is 11.9. The molecule has 100 valence electrons. The van der Waals surface area contributed by atoms with E-state index in [1.807, 2.05) is 35.5 Å². The lowest BCUT2D eigenvalue weighted by Gasteiger charge is -2.06. The summed E-state index contributed by atoms with van der Waals surface area (Å²) < 4.78 is 3.81. The maximum Gasteiger partial charge on any atom is 0.266 e. The Morgan fingerprint density at radius 2 is 2.16 bits per heavy atom. The van der Waals surface area contributed by atoms with Gasteiger partial charge in [0.05, 0.1) is 17.8 Å². The van der Waals surface area contributed by atoms with Gasteiger partial charge in [0.1, 0.15) is 12.4 Å². The molecule has 1 aromatic heterocycles. The summed E-state index contributed by atoms with van der Waals surface area (Å²) in [6, 6.07) is 4.97. The van der Waals surface area contributed by atoms with Crippen molar-refractivity contribution >= 4 is 34.8 Å². The Morgan fingerprint density at radius 1 is 1.42 bits per heavy atom. The van der Waals surface area contributed by atoms with Crippen molar-refractivity contribution < 1.29 is 9.36 Å². The van der Waals surface area contributed by atoms with E-state index in [9.17, 15) is 4.79 Å². The number of hydrogen-bond acceptors (Lipinski definition) is 1. The molecule has 0 radical (unpaired) electrons. The topological polar surface area (TPSA) is 37.9 Å². The molecule has 1 heterocycles. The summed E-state index contributed by atoms with van der Waals surface area (Å²) in [5.74, 6) is 0.862. The zero-order valence-corrected chi connectivity index (χ0v) is 12.2. The monoisotopic (exact) mass is 298 g/mol. The first kappa shape index (κ1) is 13.9. The molecule has 0 fully saturated rings. The van der Waals surface area contributed by atoms with Crippen LogP contribution in [0.4, 0.5) is 5.69 Å². The van der Waals surface area contributed by atoms with Gasteiger partial charge in [0.2, 0.25) is 0 Å². The zero-order valence-electron chi connectivity index (χ0n) is 10.7. The van der Waals surface area contributed by atoms with Gasteiger partial charge >= 0.3 is 0 Å². The summed E-state index contributed by atoms with van der Waals surface area (Å²) in [6.45, 7) is 2.19. The highest BCUT2D eigenvalue weighted by Gasteiger charge is 2.14. The lowest BCUT2D eigenvalue weighted by Crippen LogP contribution is -2.31. The van der Waals surface area contributed by atoms with Crippen molar-refractivity contribution in [3.05, 3.63) is 46.5 Å². The predicted octanol–water partition coefficient (Wildman–Crippen LogP) is 2.57. The number of amides is 1. The van der Waals surface area contributed by atoms with Crippen molar-refractivity contribution in [1.29, 1.82) is 0 Å². The van der Waals surface area contributed by atoms with E-state index < -0.39 is 0 Å². The number of imidazole rings is 1. The van der Waals surface area contributed by atoms with Crippen molar-refractivity contribution in [2.24, 2.45) is 7.05 Å². The van der Waals surface area contributed by atoms with Crippen molar-refractivity contribution in [1.82, 2.24) is 4.57 Å². The second kappa shape index (κ2) is 5.63. The SMILES string of the molecule is Cc1n(CC(=O)Nc2ccc(Cl)cc2Cl)cc[n+]1C. The number of anilines is 1. The highest BCUT2D eigenvalue weighted by Crippen LogP contribution is 2.25. The van der Waals surface area contributed by atoms with E-state index >= 15 is 0 Å². The van der Waals surface area contributed by atoms with Gasteiger partial charge in [-0.2, -0.15) is 0 Å². The molecule has 0 bridgehead atoms. The van der Waals surface area contributed by atoms with Crippen LogP contribution in [0.3, 0.4) is 0 Å². The number of nitrogens with one attached hydrogen (secondary N) is 1. The van der Waals surface area contributed by atoms with Crippen LogP contribution in [0.1, 0.15) is 5.82 Å². The van der Waals surface area contributed by atoms with E-state index in [2.05, 4.69) is 5.32 Å². The largest absolute Gasteiger partial charge is 0.321 e. The summed E-state index contributed by atoms with van der Waals surface area (Å²) in [6.07, 6.45) is 3.76. The van der Waals surface area contributed by atoms with Crippen molar-refractivity contribution in [2.45, 2.75) is 13.5 Å². The fourth-order valence-corrected chi connectivity index (χ4v) is 2.16.